The summed E-state index contributed by atoms with van der Waals surface area (Å²) in [6, 6.07) is 0. The molecule has 6 heteroatoms. The lowest BCUT2D eigenvalue weighted by molar-refractivity contribution is -0.167. The van der Waals surface area contributed by atoms with Crippen LogP contribution in [0.2, 0.25) is 0 Å². The van der Waals surface area contributed by atoms with Crippen LogP contribution in [0.4, 0.5) is 0 Å². The Kier molecular flexibility index (Phi) is 41.3. The van der Waals surface area contributed by atoms with Gasteiger partial charge in [0.2, 0.25) is 0 Å². The lowest BCUT2D eigenvalue weighted by atomic mass is 10.0. The topological polar surface area (TPSA) is 78.9 Å². The van der Waals surface area contributed by atoms with Crippen molar-refractivity contribution < 1.29 is 28.6 Å². The van der Waals surface area contributed by atoms with E-state index in [1.54, 1.807) is 0 Å². The Bertz CT molecular complexity index is 811. The molecule has 0 saturated carbocycles. The molecular weight excluding hydrogens is 673 g/mol. The Morgan fingerprint density at radius 2 is 0.611 bits per heavy atom. The molecule has 0 fully saturated rings. The summed E-state index contributed by atoms with van der Waals surface area (Å²) in [5, 5.41) is 0. The van der Waals surface area contributed by atoms with Gasteiger partial charge in [0.05, 0.1) is 0 Å². The van der Waals surface area contributed by atoms with Crippen LogP contribution in [0.3, 0.4) is 0 Å². The van der Waals surface area contributed by atoms with Crippen molar-refractivity contribution in [3.05, 3.63) is 0 Å². The van der Waals surface area contributed by atoms with Gasteiger partial charge in [-0.25, -0.2) is 0 Å². The Morgan fingerprint density at radius 3 is 0.907 bits per heavy atom. The average molecular weight is 765 g/mol. The maximum atomic E-state index is 12.7. The summed E-state index contributed by atoms with van der Waals surface area (Å²) in [4.78, 5) is 37.7. The van der Waals surface area contributed by atoms with E-state index in [0.29, 0.717) is 19.3 Å². The van der Waals surface area contributed by atoms with Gasteiger partial charge >= 0.3 is 17.9 Å². The van der Waals surface area contributed by atoms with Gasteiger partial charge in [0.25, 0.3) is 0 Å². The molecule has 0 aliphatic rings. The summed E-state index contributed by atoms with van der Waals surface area (Å²) in [6.45, 7) is 8.99. The van der Waals surface area contributed by atoms with Crippen molar-refractivity contribution >= 4 is 17.9 Å². The van der Waals surface area contributed by atoms with Gasteiger partial charge in [-0.2, -0.15) is 0 Å². The highest BCUT2D eigenvalue weighted by molar-refractivity contribution is 5.71. The first-order valence-corrected chi connectivity index (χ1v) is 23.9. The zero-order valence-corrected chi connectivity index (χ0v) is 36.7. The number of esters is 3. The van der Waals surface area contributed by atoms with Gasteiger partial charge < -0.3 is 14.2 Å². The first-order chi connectivity index (χ1) is 26.4. The summed E-state index contributed by atoms with van der Waals surface area (Å²) in [5.74, 6) is -0.0135. The fraction of sp³-hybridized carbons (Fsp3) is 0.938. The van der Waals surface area contributed by atoms with Crippen molar-refractivity contribution in [3.63, 3.8) is 0 Å². The number of carbonyl (C=O) groups is 3. The summed E-state index contributed by atoms with van der Waals surface area (Å²) in [6.07, 6.45) is 42.3. The predicted octanol–water partition coefficient (Wildman–Crippen LogP) is 15.1. The molecule has 0 bridgehead atoms. The zero-order valence-electron chi connectivity index (χ0n) is 36.7. The Morgan fingerprint density at radius 1 is 0.352 bits per heavy atom. The Hall–Kier alpha value is -1.59. The normalized spacial score (nSPS) is 11.9. The van der Waals surface area contributed by atoms with E-state index in [1.807, 2.05) is 0 Å². The maximum absolute atomic E-state index is 12.7. The molecule has 0 saturated heterocycles. The third-order valence-electron chi connectivity index (χ3n) is 10.8. The van der Waals surface area contributed by atoms with Crippen LogP contribution in [0.25, 0.3) is 0 Å². The highest BCUT2D eigenvalue weighted by Gasteiger charge is 2.19. The fourth-order valence-electron chi connectivity index (χ4n) is 7.16. The van der Waals surface area contributed by atoms with Gasteiger partial charge in [0.1, 0.15) is 13.2 Å². The van der Waals surface area contributed by atoms with Crippen LogP contribution in [0, 0.1) is 5.92 Å². The Labute approximate surface area is 336 Å². The predicted molar refractivity (Wildman–Crippen MR) is 229 cm³/mol. The number of carbonyl (C=O) groups excluding carboxylic acids is 3. The van der Waals surface area contributed by atoms with Crippen molar-refractivity contribution in [1.82, 2.24) is 0 Å². The van der Waals surface area contributed by atoms with Gasteiger partial charge in [-0.05, 0) is 25.2 Å². The minimum atomic E-state index is -0.758. The van der Waals surface area contributed by atoms with E-state index < -0.39 is 6.10 Å². The third kappa shape index (κ3) is 41.6. The molecule has 1 atom stereocenters. The second kappa shape index (κ2) is 42.6. The molecule has 6 nitrogen and oxygen atoms in total. The van der Waals surface area contributed by atoms with Crippen molar-refractivity contribution in [2.24, 2.45) is 5.92 Å². The molecular formula is C48H92O6. The third-order valence-corrected chi connectivity index (χ3v) is 10.8. The second-order valence-electron chi connectivity index (χ2n) is 16.9. The minimum absolute atomic E-state index is 0.0634. The van der Waals surface area contributed by atoms with E-state index in [0.717, 1.165) is 63.7 Å². The van der Waals surface area contributed by atoms with Crippen molar-refractivity contribution in [3.8, 4) is 0 Å². The molecule has 0 aliphatic heterocycles. The van der Waals surface area contributed by atoms with Crippen LogP contribution in [0.1, 0.15) is 265 Å². The van der Waals surface area contributed by atoms with E-state index in [-0.39, 0.29) is 31.1 Å². The standard InChI is InChI=1S/C48H92O6/c1-5-7-9-11-13-15-19-25-29-33-37-41-48(51)54-45(42-52-46(49)39-35-31-27-22-14-12-10-8-6-2)43-53-47(50)40-36-32-28-24-21-18-16-17-20-23-26-30-34-38-44(3)4/h44-45H,5-43H2,1-4H3/t45-/m0/s1. The van der Waals surface area contributed by atoms with Gasteiger partial charge in [-0.15, -0.1) is 0 Å². The molecule has 0 heterocycles. The van der Waals surface area contributed by atoms with Crippen LogP contribution >= 0.6 is 0 Å². The lowest BCUT2D eigenvalue weighted by Gasteiger charge is -2.18. The molecule has 0 aromatic heterocycles. The number of unbranched alkanes of at least 4 members (excludes halogenated alkanes) is 30. The van der Waals surface area contributed by atoms with Crippen LogP contribution < -0.4 is 0 Å². The molecule has 0 amide bonds. The summed E-state index contributed by atoms with van der Waals surface area (Å²) in [7, 11) is 0. The molecule has 0 radical (unpaired) electrons. The molecule has 0 rings (SSSR count). The molecule has 320 valence electrons. The number of rotatable bonds is 43. The number of ether oxygens (including phenoxy) is 3. The van der Waals surface area contributed by atoms with Gasteiger partial charge in [-0.1, -0.05) is 227 Å². The molecule has 0 spiro atoms. The van der Waals surface area contributed by atoms with E-state index in [9.17, 15) is 14.4 Å². The highest BCUT2D eigenvalue weighted by atomic mass is 16.6. The monoisotopic (exact) mass is 765 g/mol. The smallest absolute Gasteiger partial charge is 0.306 e. The van der Waals surface area contributed by atoms with Gasteiger partial charge in [-0.3, -0.25) is 14.4 Å². The van der Waals surface area contributed by atoms with Crippen molar-refractivity contribution in [1.29, 1.82) is 0 Å². The van der Waals surface area contributed by atoms with Gasteiger partial charge in [0, 0.05) is 19.3 Å². The summed E-state index contributed by atoms with van der Waals surface area (Å²) in [5.41, 5.74) is 0. The van der Waals surface area contributed by atoms with Crippen molar-refractivity contribution in [2.75, 3.05) is 13.2 Å². The zero-order chi connectivity index (χ0) is 39.6. The minimum Gasteiger partial charge on any atom is -0.462 e. The molecule has 0 unspecified atom stereocenters. The summed E-state index contributed by atoms with van der Waals surface area (Å²) < 4.78 is 16.7. The fourth-order valence-corrected chi connectivity index (χ4v) is 7.16. The molecule has 54 heavy (non-hydrogen) atoms. The molecule has 0 aromatic carbocycles. The molecule has 0 aliphatic carbocycles. The first kappa shape index (κ1) is 52.4. The van der Waals surface area contributed by atoms with E-state index in [4.69, 9.17) is 14.2 Å². The van der Waals surface area contributed by atoms with E-state index in [2.05, 4.69) is 27.7 Å². The van der Waals surface area contributed by atoms with Crippen LogP contribution in [-0.4, -0.2) is 37.2 Å². The number of hydrogen-bond donors (Lipinski definition) is 0. The summed E-state index contributed by atoms with van der Waals surface area (Å²) >= 11 is 0. The quantitative estimate of drug-likeness (QED) is 0.0349. The molecule has 0 N–H and O–H groups in total. The molecule has 0 aromatic rings. The van der Waals surface area contributed by atoms with Crippen molar-refractivity contribution in [2.45, 2.75) is 271 Å². The number of hydrogen-bond acceptors (Lipinski definition) is 6. The van der Waals surface area contributed by atoms with Gasteiger partial charge in [0.15, 0.2) is 6.10 Å². The van der Waals surface area contributed by atoms with Crippen LogP contribution in [0.5, 0.6) is 0 Å². The maximum Gasteiger partial charge on any atom is 0.306 e. The Balaban J connectivity index is 4.26. The lowest BCUT2D eigenvalue weighted by Crippen LogP contribution is -2.30. The highest BCUT2D eigenvalue weighted by Crippen LogP contribution is 2.16. The second-order valence-corrected chi connectivity index (χ2v) is 16.9. The van der Waals surface area contributed by atoms with Crippen LogP contribution in [-0.2, 0) is 28.6 Å². The average Bonchev–Trinajstić information content (AvgIpc) is 3.15. The van der Waals surface area contributed by atoms with E-state index in [1.165, 1.54) is 161 Å². The van der Waals surface area contributed by atoms with E-state index >= 15 is 0 Å². The van der Waals surface area contributed by atoms with Crippen LogP contribution in [0.15, 0.2) is 0 Å². The first-order valence-electron chi connectivity index (χ1n) is 23.9. The largest absolute Gasteiger partial charge is 0.462 e. The SMILES string of the molecule is CCCCCCCCCCCCCC(=O)O[C@@H](COC(=O)CCCCCCCCCCC)COC(=O)CCCCCCCCCCCCCCCC(C)C.